The van der Waals surface area contributed by atoms with E-state index in [1.165, 1.54) is 4.90 Å². The number of nitrogens with zero attached hydrogens (tertiary/aromatic N) is 1. The molecule has 3 saturated heterocycles. The van der Waals surface area contributed by atoms with Crippen LogP contribution in [0.1, 0.15) is 46.5 Å². The average Bonchev–Trinajstić information content (AvgIpc) is 3.44. The van der Waals surface area contributed by atoms with Crippen LogP contribution in [0.25, 0.3) is 10.8 Å². The van der Waals surface area contributed by atoms with Gasteiger partial charge in [0.05, 0.1) is 30.1 Å². The van der Waals surface area contributed by atoms with Gasteiger partial charge in [-0.15, -0.1) is 0 Å². The van der Waals surface area contributed by atoms with E-state index < -0.39 is 35.1 Å². The molecular formula is C28H35N3O5. The number of hydrogen-bond donors (Lipinski definition) is 3. The van der Waals surface area contributed by atoms with Crippen molar-refractivity contribution >= 4 is 34.2 Å². The molecule has 1 spiro atoms. The lowest BCUT2D eigenvalue weighted by Crippen LogP contribution is -2.56. The van der Waals surface area contributed by atoms with Crippen molar-refractivity contribution in [1.82, 2.24) is 10.2 Å². The molecule has 8 heteroatoms. The fraction of sp³-hybridized carbons (Fsp3) is 0.536. The lowest BCUT2D eigenvalue weighted by Gasteiger charge is -2.36. The number of hydrogen-bond acceptors (Lipinski definition) is 5. The first-order valence-electron chi connectivity index (χ1n) is 13.0. The maximum Gasteiger partial charge on any atom is 0.250 e. The first-order valence-corrected chi connectivity index (χ1v) is 13.0. The topological polar surface area (TPSA) is 108 Å². The van der Waals surface area contributed by atoms with Gasteiger partial charge in [0, 0.05) is 12.2 Å². The van der Waals surface area contributed by atoms with Gasteiger partial charge in [0.1, 0.15) is 11.6 Å². The molecule has 8 nitrogen and oxygen atoms in total. The fourth-order valence-electron chi connectivity index (χ4n) is 6.71. The highest BCUT2D eigenvalue weighted by atomic mass is 16.5. The number of ether oxygens (including phenoxy) is 1. The molecule has 3 aliphatic rings. The van der Waals surface area contributed by atoms with Gasteiger partial charge in [-0.2, -0.15) is 0 Å². The Morgan fingerprint density at radius 2 is 1.89 bits per heavy atom. The maximum absolute atomic E-state index is 14.0. The third-order valence-corrected chi connectivity index (χ3v) is 8.39. The van der Waals surface area contributed by atoms with Crippen molar-refractivity contribution in [2.24, 2.45) is 11.8 Å². The van der Waals surface area contributed by atoms with Gasteiger partial charge >= 0.3 is 0 Å². The molecule has 3 amide bonds. The van der Waals surface area contributed by atoms with E-state index in [1.54, 1.807) is 0 Å². The Morgan fingerprint density at radius 1 is 1.14 bits per heavy atom. The van der Waals surface area contributed by atoms with Crippen LogP contribution >= 0.6 is 0 Å². The van der Waals surface area contributed by atoms with E-state index in [-0.39, 0.29) is 24.3 Å². The number of aliphatic hydroxyl groups excluding tert-OH is 1. The minimum atomic E-state index is -1.11. The molecule has 192 valence electrons. The van der Waals surface area contributed by atoms with E-state index in [2.05, 4.69) is 10.6 Å². The number of aliphatic hydroxyl groups is 1. The van der Waals surface area contributed by atoms with Crippen molar-refractivity contribution in [2.75, 3.05) is 18.5 Å². The molecule has 6 atom stereocenters. The van der Waals surface area contributed by atoms with Gasteiger partial charge in [-0.05, 0) is 55.5 Å². The highest BCUT2D eigenvalue weighted by Crippen LogP contribution is 2.63. The van der Waals surface area contributed by atoms with E-state index in [1.807, 2.05) is 63.2 Å². The Labute approximate surface area is 211 Å². The Balaban J connectivity index is 1.53. The van der Waals surface area contributed by atoms with Gasteiger partial charge in [0.15, 0.2) is 0 Å². The van der Waals surface area contributed by atoms with Crippen LogP contribution in [0.5, 0.6) is 0 Å². The normalized spacial score (nSPS) is 31.5. The summed E-state index contributed by atoms with van der Waals surface area (Å²) in [6.07, 6.45) is 2.36. The molecule has 0 radical (unpaired) electrons. The van der Waals surface area contributed by atoms with Gasteiger partial charge in [-0.25, -0.2) is 0 Å². The molecule has 3 N–H and O–H groups in total. The molecule has 5 rings (SSSR count). The van der Waals surface area contributed by atoms with E-state index >= 15 is 0 Å². The lowest BCUT2D eigenvalue weighted by atomic mass is 9.66. The second-order valence-electron chi connectivity index (χ2n) is 10.6. The Bertz CT molecular complexity index is 1200. The van der Waals surface area contributed by atoms with E-state index in [9.17, 15) is 19.5 Å². The van der Waals surface area contributed by atoms with Crippen LogP contribution in [0.3, 0.4) is 0 Å². The van der Waals surface area contributed by atoms with Crippen molar-refractivity contribution in [2.45, 2.75) is 69.7 Å². The smallest absolute Gasteiger partial charge is 0.250 e. The molecule has 3 fully saturated rings. The van der Waals surface area contributed by atoms with Crippen LogP contribution in [0, 0.1) is 11.8 Å². The van der Waals surface area contributed by atoms with Gasteiger partial charge in [-0.1, -0.05) is 44.2 Å². The first-order chi connectivity index (χ1) is 17.3. The monoisotopic (exact) mass is 493 g/mol. The van der Waals surface area contributed by atoms with Crippen LogP contribution in [-0.2, 0) is 19.1 Å². The summed E-state index contributed by atoms with van der Waals surface area (Å²) in [6.45, 7) is 5.99. The number of anilines is 1. The summed E-state index contributed by atoms with van der Waals surface area (Å²) in [5, 5.41) is 18.2. The summed E-state index contributed by atoms with van der Waals surface area (Å²) in [4.78, 5) is 42.7. The summed E-state index contributed by atoms with van der Waals surface area (Å²) in [5.41, 5.74) is -1.30. The summed E-state index contributed by atoms with van der Waals surface area (Å²) in [5.74, 6) is -2.28. The Morgan fingerprint density at radius 3 is 2.58 bits per heavy atom. The minimum absolute atomic E-state index is 0.202. The van der Waals surface area contributed by atoms with E-state index in [0.717, 1.165) is 17.2 Å². The summed E-state index contributed by atoms with van der Waals surface area (Å²) < 4.78 is 6.60. The fourth-order valence-corrected chi connectivity index (χ4v) is 6.71. The molecular weight excluding hydrogens is 458 g/mol. The molecule has 2 aromatic carbocycles. The molecule has 2 bridgehead atoms. The standard InChI is InChI=1S/C28H35N3O5/c1-4-14-29-24(33)21-22-26(35)31(20(5-2)16-32)23(28(22)13-12-27(21,3)36-28)25(34)30-19-11-10-17-8-6-7-9-18(17)15-19/h6-11,15,20-23,32H,4-5,12-14,16H2,1-3H3,(H,29,33)(H,30,34)/t20-,21-,22-,23?,27+,28?/m0/s1. The van der Waals surface area contributed by atoms with Crippen LogP contribution in [0.4, 0.5) is 5.69 Å². The maximum atomic E-state index is 14.0. The molecule has 0 saturated carbocycles. The van der Waals surface area contributed by atoms with E-state index in [4.69, 9.17) is 4.74 Å². The first kappa shape index (κ1) is 24.7. The second-order valence-corrected chi connectivity index (χ2v) is 10.6. The third-order valence-electron chi connectivity index (χ3n) is 8.39. The van der Waals surface area contributed by atoms with Crippen molar-refractivity contribution < 1.29 is 24.2 Å². The van der Waals surface area contributed by atoms with Crippen LogP contribution in [0.15, 0.2) is 42.5 Å². The van der Waals surface area contributed by atoms with Crippen molar-refractivity contribution in [3.8, 4) is 0 Å². The predicted molar refractivity (Wildman–Crippen MR) is 136 cm³/mol. The zero-order chi connectivity index (χ0) is 25.7. The molecule has 3 aliphatic heterocycles. The van der Waals surface area contributed by atoms with Gasteiger partial charge in [0.2, 0.25) is 17.7 Å². The van der Waals surface area contributed by atoms with Gasteiger partial charge in [-0.3, -0.25) is 14.4 Å². The largest absolute Gasteiger partial charge is 0.394 e. The molecule has 3 heterocycles. The summed E-state index contributed by atoms with van der Waals surface area (Å²) in [6, 6.07) is 12.1. The quantitative estimate of drug-likeness (QED) is 0.524. The molecule has 0 aliphatic carbocycles. The number of nitrogens with one attached hydrogen (secondary N) is 2. The SMILES string of the molecule is CCCNC(=O)[C@@H]1[C@H]2C(=O)N([C@@H](CC)CO)C(C(=O)Nc3ccc4ccccc4c3)C23CC[C@@]1(C)O3. The average molecular weight is 494 g/mol. The second kappa shape index (κ2) is 9.16. The number of amides is 3. The third kappa shape index (κ3) is 3.61. The summed E-state index contributed by atoms with van der Waals surface area (Å²) in [7, 11) is 0. The molecule has 2 unspecified atom stereocenters. The summed E-state index contributed by atoms with van der Waals surface area (Å²) >= 11 is 0. The molecule has 0 aromatic heterocycles. The number of likely N-dealkylation sites (tertiary alicyclic amines) is 1. The number of fused-ring (bicyclic) bond motifs is 2. The minimum Gasteiger partial charge on any atom is -0.394 e. The van der Waals surface area contributed by atoms with Crippen molar-refractivity contribution in [1.29, 1.82) is 0 Å². The van der Waals surface area contributed by atoms with E-state index in [0.29, 0.717) is 31.5 Å². The highest BCUT2D eigenvalue weighted by molar-refractivity contribution is 6.04. The van der Waals surface area contributed by atoms with Crippen molar-refractivity contribution in [3.63, 3.8) is 0 Å². The van der Waals surface area contributed by atoms with Gasteiger partial charge < -0.3 is 25.4 Å². The van der Waals surface area contributed by atoms with Crippen LogP contribution in [-0.4, -0.2) is 64.2 Å². The Hall–Kier alpha value is -2.97. The highest BCUT2D eigenvalue weighted by Gasteiger charge is 2.78. The Kier molecular flexibility index (Phi) is 6.29. The number of carbonyl (C=O) groups is 3. The number of rotatable bonds is 8. The van der Waals surface area contributed by atoms with Crippen LogP contribution < -0.4 is 10.6 Å². The lowest BCUT2D eigenvalue weighted by molar-refractivity contribution is -0.148. The molecule has 2 aromatic rings. The van der Waals surface area contributed by atoms with Crippen LogP contribution in [0.2, 0.25) is 0 Å². The number of benzene rings is 2. The predicted octanol–water partition coefficient (Wildman–Crippen LogP) is 2.84. The van der Waals surface area contributed by atoms with Crippen molar-refractivity contribution in [3.05, 3.63) is 42.5 Å². The van der Waals surface area contributed by atoms with Gasteiger partial charge in [0.25, 0.3) is 0 Å². The zero-order valence-corrected chi connectivity index (χ0v) is 21.1. The number of carbonyl (C=O) groups excluding carboxylic acids is 3. The zero-order valence-electron chi connectivity index (χ0n) is 21.1. The molecule has 36 heavy (non-hydrogen) atoms.